The highest BCUT2D eigenvalue weighted by molar-refractivity contribution is 7.25. The molecule has 4 heteroatoms. The van der Waals surface area contributed by atoms with Crippen LogP contribution in [0.1, 0.15) is 24.0 Å². The number of fused-ring (bicyclic) bond motifs is 3. The van der Waals surface area contributed by atoms with Crippen molar-refractivity contribution < 1.29 is 0 Å². The zero-order chi connectivity index (χ0) is 26.9. The Morgan fingerprint density at radius 3 is 2.48 bits per heavy atom. The minimum atomic E-state index is 0.154. The first kappa shape index (κ1) is 24.8. The maximum atomic E-state index is 5.97. The van der Waals surface area contributed by atoms with E-state index in [2.05, 4.69) is 120 Å². The number of para-hydroxylation sites is 1. The number of nitrogens with one attached hydrogen (secondary N) is 2. The number of hydrogen-bond donors (Lipinski definition) is 3. The first-order valence-electron chi connectivity index (χ1n) is 13.8. The number of benzene rings is 4. The molecule has 196 valence electrons. The molecule has 4 aromatic carbocycles. The normalized spacial score (nSPS) is 15.4. The molecule has 1 atom stereocenters. The second-order valence-electron chi connectivity index (χ2n) is 10.4. The quantitative estimate of drug-likeness (QED) is 0.137. The van der Waals surface area contributed by atoms with Crippen molar-refractivity contribution in [3.63, 3.8) is 0 Å². The van der Waals surface area contributed by atoms with Gasteiger partial charge in [-0.1, -0.05) is 97.1 Å². The lowest BCUT2D eigenvalue weighted by Gasteiger charge is -2.23. The summed E-state index contributed by atoms with van der Waals surface area (Å²) in [5.41, 5.74) is 12.9. The number of rotatable bonds is 8. The molecule has 0 saturated heterocycles. The molecule has 0 saturated carbocycles. The van der Waals surface area contributed by atoms with E-state index in [9.17, 15) is 0 Å². The topological polar surface area (TPSA) is 50.1 Å². The van der Waals surface area contributed by atoms with Gasteiger partial charge in [0.05, 0.1) is 11.7 Å². The molecule has 5 aromatic rings. The van der Waals surface area contributed by atoms with Crippen LogP contribution >= 0.6 is 11.3 Å². The molecule has 2 aliphatic carbocycles. The Labute approximate surface area is 239 Å². The van der Waals surface area contributed by atoms with E-state index in [0.717, 1.165) is 30.6 Å². The Hall–Kier alpha value is -4.22. The Morgan fingerprint density at radius 2 is 1.62 bits per heavy atom. The highest BCUT2D eigenvalue weighted by Crippen LogP contribution is 2.40. The lowest BCUT2D eigenvalue weighted by Crippen LogP contribution is -2.31. The Balaban J connectivity index is 1.29. The Bertz CT molecular complexity index is 1840. The summed E-state index contributed by atoms with van der Waals surface area (Å²) in [6, 6.07) is 32.6. The smallest absolute Gasteiger partial charge is 0.0563 e. The number of nitrogen functional groups attached to an aromatic ring is 1. The van der Waals surface area contributed by atoms with E-state index < -0.39 is 0 Å². The van der Waals surface area contributed by atoms with Crippen LogP contribution in [0.15, 0.2) is 133 Å². The van der Waals surface area contributed by atoms with E-state index in [-0.39, 0.29) is 6.04 Å². The molecular formula is C36H31N3S. The van der Waals surface area contributed by atoms with E-state index in [0.29, 0.717) is 0 Å². The molecule has 7 rings (SSSR count). The molecule has 0 fully saturated rings. The Kier molecular flexibility index (Phi) is 6.66. The van der Waals surface area contributed by atoms with Crippen molar-refractivity contribution in [1.82, 2.24) is 5.32 Å². The predicted molar refractivity (Wildman–Crippen MR) is 172 cm³/mol. The summed E-state index contributed by atoms with van der Waals surface area (Å²) < 4.78 is 2.61. The summed E-state index contributed by atoms with van der Waals surface area (Å²) in [7, 11) is 0. The number of hydrazine groups is 1. The molecule has 1 unspecified atom stereocenters. The van der Waals surface area contributed by atoms with Crippen molar-refractivity contribution in [1.29, 1.82) is 0 Å². The first-order chi connectivity index (χ1) is 19.8. The molecule has 40 heavy (non-hydrogen) atoms. The predicted octanol–water partition coefficient (Wildman–Crippen LogP) is 8.77. The number of allylic oxidation sites excluding steroid dienone is 5. The van der Waals surface area contributed by atoms with Crippen LogP contribution in [0, 0.1) is 0 Å². The van der Waals surface area contributed by atoms with Gasteiger partial charge in [0.25, 0.3) is 0 Å². The SMILES string of the molecule is NNc1ccccc1-c1cc2sc3ccccc3c2cc1CNC(C1=CCC(c2ccccc2)=C1)C1=CC=CC1. The molecule has 1 aromatic heterocycles. The van der Waals surface area contributed by atoms with Gasteiger partial charge in [-0.25, -0.2) is 0 Å². The molecule has 0 aliphatic heterocycles. The third kappa shape index (κ3) is 4.61. The third-order valence-corrected chi connectivity index (χ3v) is 9.15. The highest BCUT2D eigenvalue weighted by Gasteiger charge is 2.23. The van der Waals surface area contributed by atoms with Crippen LogP contribution in [0.5, 0.6) is 0 Å². The van der Waals surface area contributed by atoms with Crippen molar-refractivity contribution >= 4 is 42.8 Å². The second-order valence-corrected chi connectivity index (χ2v) is 11.5. The van der Waals surface area contributed by atoms with Crippen molar-refractivity contribution in [2.75, 3.05) is 5.43 Å². The minimum Gasteiger partial charge on any atom is -0.324 e. The number of nitrogens with two attached hydrogens (primary N) is 1. The van der Waals surface area contributed by atoms with E-state index in [1.54, 1.807) is 0 Å². The van der Waals surface area contributed by atoms with Crippen LogP contribution < -0.4 is 16.6 Å². The number of hydrogen-bond acceptors (Lipinski definition) is 4. The van der Waals surface area contributed by atoms with Gasteiger partial charge in [0.1, 0.15) is 0 Å². The fourth-order valence-electron chi connectivity index (χ4n) is 6.01. The lowest BCUT2D eigenvalue weighted by atomic mass is 9.94. The van der Waals surface area contributed by atoms with E-state index in [4.69, 9.17) is 5.84 Å². The lowest BCUT2D eigenvalue weighted by molar-refractivity contribution is 0.631. The average Bonchev–Trinajstić information content (AvgIpc) is 3.78. The summed E-state index contributed by atoms with van der Waals surface area (Å²) >= 11 is 1.85. The van der Waals surface area contributed by atoms with Crippen LogP contribution in [-0.4, -0.2) is 6.04 Å². The monoisotopic (exact) mass is 537 g/mol. The van der Waals surface area contributed by atoms with Gasteiger partial charge >= 0.3 is 0 Å². The number of anilines is 1. The van der Waals surface area contributed by atoms with E-state index >= 15 is 0 Å². The molecule has 0 amide bonds. The fraction of sp³-hybridized carbons (Fsp3) is 0.111. The van der Waals surface area contributed by atoms with E-state index in [1.165, 1.54) is 53.6 Å². The van der Waals surface area contributed by atoms with E-state index in [1.807, 2.05) is 23.5 Å². The third-order valence-electron chi connectivity index (χ3n) is 8.02. The zero-order valence-electron chi connectivity index (χ0n) is 22.2. The number of thiophene rings is 1. The zero-order valence-corrected chi connectivity index (χ0v) is 23.0. The maximum Gasteiger partial charge on any atom is 0.0563 e. The van der Waals surface area contributed by atoms with Crippen molar-refractivity contribution in [3.8, 4) is 11.1 Å². The molecule has 1 heterocycles. The molecule has 0 spiro atoms. The molecule has 0 radical (unpaired) electrons. The van der Waals surface area contributed by atoms with Crippen LogP contribution in [0.4, 0.5) is 5.69 Å². The van der Waals surface area contributed by atoms with Gasteiger partial charge in [-0.15, -0.1) is 11.3 Å². The molecule has 0 bridgehead atoms. The van der Waals surface area contributed by atoms with Gasteiger partial charge in [0, 0.05) is 32.3 Å². The molecule has 4 N–H and O–H groups in total. The van der Waals surface area contributed by atoms with Crippen LogP contribution in [-0.2, 0) is 6.54 Å². The summed E-state index contributed by atoms with van der Waals surface area (Å²) in [5, 5.41) is 6.60. The minimum absolute atomic E-state index is 0.154. The largest absolute Gasteiger partial charge is 0.324 e. The van der Waals surface area contributed by atoms with Gasteiger partial charge in [0.15, 0.2) is 0 Å². The first-order valence-corrected chi connectivity index (χ1v) is 14.7. The average molecular weight is 538 g/mol. The van der Waals surface area contributed by atoms with Gasteiger partial charge < -0.3 is 10.7 Å². The molecule has 2 aliphatic rings. The Morgan fingerprint density at radius 1 is 0.800 bits per heavy atom. The molecule has 3 nitrogen and oxygen atoms in total. The summed E-state index contributed by atoms with van der Waals surface area (Å²) in [6.45, 7) is 0.738. The highest BCUT2D eigenvalue weighted by atomic mass is 32.1. The van der Waals surface area contributed by atoms with Gasteiger partial charge in [-0.3, -0.25) is 5.84 Å². The summed E-state index contributed by atoms with van der Waals surface area (Å²) in [6.07, 6.45) is 13.4. The van der Waals surface area contributed by atoms with Crippen LogP contribution in [0.3, 0.4) is 0 Å². The summed E-state index contributed by atoms with van der Waals surface area (Å²) in [5.74, 6) is 5.97. The van der Waals surface area contributed by atoms with Gasteiger partial charge in [0.2, 0.25) is 0 Å². The maximum absolute atomic E-state index is 5.97. The van der Waals surface area contributed by atoms with Gasteiger partial charge in [-0.2, -0.15) is 0 Å². The van der Waals surface area contributed by atoms with Crippen LogP contribution in [0.25, 0.3) is 36.9 Å². The van der Waals surface area contributed by atoms with Gasteiger partial charge in [-0.05, 0) is 70.5 Å². The van der Waals surface area contributed by atoms with Crippen molar-refractivity contribution in [3.05, 3.63) is 144 Å². The van der Waals surface area contributed by atoms with Crippen LogP contribution in [0.2, 0.25) is 0 Å². The fourth-order valence-corrected chi connectivity index (χ4v) is 7.14. The summed E-state index contributed by atoms with van der Waals surface area (Å²) in [4.78, 5) is 0. The van der Waals surface area contributed by atoms with Crippen molar-refractivity contribution in [2.24, 2.45) is 5.84 Å². The second kappa shape index (κ2) is 10.7. The standard InChI is InChI=1S/C36H31N3S/c37-39-33-16-8-6-14-29(33)31-22-35-32(30-15-7-9-17-34(30)40-35)21-28(31)23-38-36(25-12-4-5-13-25)27-19-18-26(20-27)24-10-2-1-3-11-24/h1-12,14-17,19-22,36,38-39H,13,18,23,37H2. The molecular weight excluding hydrogens is 506 g/mol. The van der Waals surface area contributed by atoms with Crippen molar-refractivity contribution in [2.45, 2.75) is 25.4 Å².